The van der Waals surface area contributed by atoms with Crippen molar-refractivity contribution >= 4 is 28.9 Å². The number of piperidine rings is 1. The summed E-state index contributed by atoms with van der Waals surface area (Å²) in [7, 11) is 0. The average molecular weight is 375 g/mol. The number of aliphatic hydroxyl groups excluding tert-OH is 1. The molecule has 26 heavy (non-hydrogen) atoms. The minimum Gasteiger partial charge on any atom is -0.484 e. The van der Waals surface area contributed by atoms with Crippen LogP contribution in [0.2, 0.25) is 5.02 Å². The van der Waals surface area contributed by atoms with Gasteiger partial charge in [-0.05, 0) is 55.2 Å². The topological polar surface area (TPSA) is 61.8 Å². The van der Waals surface area contributed by atoms with Crippen LogP contribution < -0.4 is 15.0 Å². The monoisotopic (exact) mass is 374 g/mol. The summed E-state index contributed by atoms with van der Waals surface area (Å²) in [4.78, 5) is 14.5. The summed E-state index contributed by atoms with van der Waals surface area (Å²) in [6.07, 6.45) is 1.91. The highest BCUT2D eigenvalue weighted by molar-refractivity contribution is 6.30. The summed E-state index contributed by atoms with van der Waals surface area (Å²) in [6.45, 7) is 1.93. The number of hydrogen-bond acceptors (Lipinski definition) is 4. The van der Waals surface area contributed by atoms with Gasteiger partial charge in [0.1, 0.15) is 5.75 Å². The number of rotatable bonds is 6. The molecule has 0 atom stereocenters. The molecule has 5 nitrogen and oxygen atoms in total. The molecule has 6 heteroatoms. The molecule has 1 heterocycles. The van der Waals surface area contributed by atoms with Crippen molar-refractivity contribution < 1.29 is 14.6 Å². The number of amides is 1. The number of hydrogen-bond donors (Lipinski definition) is 2. The first-order valence-electron chi connectivity index (χ1n) is 8.79. The fourth-order valence-electron chi connectivity index (χ4n) is 3.08. The molecule has 0 bridgehead atoms. The van der Waals surface area contributed by atoms with Crippen LogP contribution in [0, 0.1) is 5.92 Å². The van der Waals surface area contributed by atoms with Crippen LogP contribution in [-0.4, -0.2) is 37.3 Å². The average Bonchev–Trinajstić information content (AvgIpc) is 2.68. The second-order valence-electron chi connectivity index (χ2n) is 6.42. The minimum atomic E-state index is -0.211. The quantitative estimate of drug-likeness (QED) is 0.811. The molecule has 0 aromatic heterocycles. The van der Waals surface area contributed by atoms with Gasteiger partial charge in [0.05, 0.1) is 11.4 Å². The van der Waals surface area contributed by atoms with Crippen molar-refractivity contribution in [2.75, 3.05) is 36.5 Å². The molecule has 1 aliphatic rings. The third-order valence-corrected chi connectivity index (χ3v) is 4.83. The number of carbonyl (C=O) groups is 1. The molecular weight excluding hydrogens is 352 g/mol. The van der Waals surface area contributed by atoms with Gasteiger partial charge in [-0.1, -0.05) is 23.7 Å². The lowest BCUT2D eigenvalue weighted by molar-refractivity contribution is -0.118. The maximum atomic E-state index is 12.3. The lowest BCUT2D eigenvalue weighted by atomic mass is 9.97. The number of nitrogens with zero attached hydrogens (tertiary/aromatic N) is 1. The lowest BCUT2D eigenvalue weighted by Gasteiger charge is -2.34. The molecular formula is C20H23ClN2O3. The SMILES string of the molecule is O=C(COc1ccc(Cl)cc1)Nc1ccccc1N1CCC(CO)CC1. The fourth-order valence-corrected chi connectivity index (χ4v) is 3.20. The van der Waals surface area contributed by atoms with Crippen molar-refractivity contribution in [3.05, 3.63) is 53.6 Å². The van der Waals surface area contributed by atoms with Gasteiger partial charge in [-0.15, -0.1) is 0 Å². The van der Waals surface area contributed by atoms with Gasteiger partial charge < -0.3 is 20.1 Å². The van der Waals surface area contributed by atoms with Crippen LogP contribution in [0.25, 0.3) is 0 Å². The van der Waals surface area contributed by atoms with Crippen molar-refractivity contribution in [3.63, 3.8) is 0 Å². The minimum absolute atomic E-state index is 0.0669. The van der Waals surface area contributed by atoms with Gasteiger partial charge in [-0.2, -0.15) is 0 Å². The van der Waals surface area contributed by atoms with Gasteiger partial charge in [-0.3, -0.25) is 4.79 Å². The molecule has 2 N–H and O–H groups in total. The molecule has 3 rings (SSSR count). The predicted molar refractivity (Wildman–Crippen MR) is 104 cm³/mol. The Morgan fingerprint density at radius 2 is 1.85 bits per heavy atom. The van der Waals surface area contributed by atoms with Gasteiger partial charge in [0, 0.05) is 24.7 Å². The van der Waals surface area contributed by atoms with Crippen LogP contribution in [0.4, 0.5) is 11.4 Å². The molecule has 2 aromatic carbocycles. The molecule has 138 valence electrons. The van der Waals surface area contributed by atoms with Gasteiger partial charge >= 0.3 is 0 Å². The van der Waals surface area contributed by atoms with Crippen molar-refractivity contribution in [2.24, 2.45) is 5.92 Å². The van der Waals surface area contributed by atoms with E-state index in [4.69, 9.17) is 16.3 Å². The summed E-state index contributed by atoms with van der Waals surface area (Å²) in [6, 6.07) is 14.7. The van der Waals surface area contributed by atoms with Gasteiger partial charge in [0.25, 0.3) is 5.91 Å². The summed E-state index contributed by atoms with van der Waals surface area (Å²) in [5.74, 6) is 0.766. The number of halogens is 1. The van der Waals surface area contributed by atoms with Crippen LogP contribution in [0.15, 0.2) is 48.5 Å². The summed E-state index contributed by atoms with van der Waals surface area (Å²) >= 11 is 5.84. The van der Waals surface area contributed by atoms with Crippen LogP contribution >= 0.6 is 11.6 Å². The Morgan fingerprint density at radius 3 is 2.54 bits per heavy atom. The first-order chi connectivity index (χ1) is 12.7. The Morgan fingerprint density at radius 1 is 1.15 bits per heavy atom. The second-order valence-corrected chi connectivity index (χ2v) is 6.86. The van der Waals surface area contributed by atoms with Crippen LogP contribution in [-0.2, 0) is 4.79 Å². The Hall–Kier alpha value is -2.24. The number of ether oxygens (including phenoxy) is 1. The van der Waals surface area contributed by atoms with Crippen molar-refractivity contribution in [2.45, 2.75) is 12.8 Å². The Bertz CT molecular complexity index is 728. The zero-order valence-corrected chi connectivity index (χ0v) is 15.3. The van der Waals surface area contributed by atoms with Gasteiger partial charge in [0.15, 0.2) is 6.61 Å². The molecule has 0 saturated carbocycles. The smallest absolute Gasteiger partial charge is 0.262 e. The normalized spacial score (nSPS) is 14.9. The molecule has 1 amide bonds. The molecule has 1 aliphatic heterocycles. The highest BCUT2D eigenvalue weighted by Crippen LogP contribution is 2.29. The van der Waals surface area contributed by atoms with E-state index in [-0.39, 0.29) is 19.1 Å². The highest BCUT2D eigenvalue weighted by atomic mass is 35.5. The number of para-hydroxylation sites is 2. The number of benzene rings is 2. The van der Waals surface area contributed by atoms with E-state index < -0.39 is 0 Å². The first kappa shape index (κ1) is 18.5. The van der Waals surface area contributed by atoms with Gasteiger partial charge in [-0.25, -0.2) is 0 Å². The van der Waals surface area contributed by atoms with Crippen molar-refractivity contribution in [3.8, 4) is 5.75 Å². The largest absolute Gasteiger partial charge is 0.484 e. The number of aliphatic hydroxyl groups is 1. The number of carbonyl (C=O) groups excluding carboxylic acids is 1. The van der Waals surface area contributed by atoms with E-state index in [2.05, 4.69) is 10.2 Å². The van der Waals surface area contributed by atoms with E-state index in [0.29, 0.717) is 16.7 Å². The molecule has 2 aromatic rings. The maximum absolute atomic E-state index is 12.3. The summed E-state index contributed by atoms with van der Waals surface area (Å²) < 4.78 is 5.50. The van der Waals surface area contributed by atoms with E-state index >= 15 is 0 Å². The second kappa shape index (κ2) is 8.92. The zero-order chi connectivity index (χ0) is 18.4. The first-order valence-corrected chi connectivity index (χ1v) is 9.16. The third kappa shape index (κ3) is 4.90. The van der Waals surface area contributed by atoms with Crippen molar-refractivity contribution in [1.82, 2.24) is 0 Å². The van der Waals surface area contributed by atoms with Gasteiger partial charge in [0.2, 0.25) is 0 Å². The van der Waals surface area contributed by atoms with E-state index in [0.717, 1.165) is 37.3 Å². The zero-order valence-electron chi connectivity index (χ0n) is 14.5. The standard InChI is InChI=1S/C20H23ClN2O3/c21-16-5-7-17(8-6-16)26-14-20(25)22-18-3-1-2-4-19(18)23-11-9-15(13-24)10-12-23/h1-8,15,24H,9-14H2,(H,22,25). The molecule has 0 spiro atoms. The molecule has 1 saturated heterocycles. The molecule has 0 aliphatic carbocycles. The van der Waals surface area contributed by atoms with E-state index in [1.54, 1.807) is 24.3 Å². The summed E-state index contributed by atoms with van der Waals surface area (Å²) in [5, 5.41) is 12.9. The molecule has 0 unspecified atom stereocenters. The third-order valence-electron chi connectivity index (χ3n) is 4.58. The summed E-state index contributed by atoms with van der Waals surface area (Å²) in [5.41, 5.74) is 1.78. The van der Waals surface area contributed by atoms with E-state index in [1.807, 2.05) is 24.3 Å². The Balaban J connectivity index is 1.59. The number of anilines is 2. The Labute approximate surface area is 158 Å². The predicted octanol–water partition coefficient (Wildman–Crippen LogP) is 3.57. The highest BCUT2D eigenvalue weighted by Gasteiger charge is 2.20. The van der Waals surface area contributed by atoms with E-state index in [9.17, 15) is 9.90 Å². The van der Waals surface area contributed by atoms with Crippen LogP contribution in [0.1, 0.15) is 12.8 Å². The molecule has 1 fully saturated rings. The van der Waals surface area contributed by atoms with Crippen molar-refractivity contribution in [1.29, 1.82) is 0 Å². The van der Waals surface area contributed by atoms with Crippen LogP contribution in [0.5, 0.6) is 5.75 Å². The Kier molecular flexibility index (Phi) is 6.36. The fraction of sp³-hybridized carbons (Fsp3) is 0.350. The number of nitrogens with one attached hydrogen (secondary N) is 1. The van der Waals surface area contributed by atoms with Crippen LogP contribution in [0.3, 0.4) is 0 Å². The maximum Gasteiger partial charge on any atom is 0.262 e. The van der Waals surface area contributed by atoms with E-state index in [1.165, 1.54) is 0 Å². The molecule has 0 radical (unpaired) electrons. The lowest BCUT2D eigenvalue weighted by Crippen LogP contribution is -2.35.